The highest BCUT2D eigenvalue weighted by Gasteiger charge is 2.27. The van der Waals surface area contributed by atoms with Gasteiger partial charge in [0.25, 0.3) is 0 Å². The van der Waals surface area contributed by atoms with Crippen molar-refractivity contribution in [1.29, 1.82) is 0 Å². The molecule has 4 rings (SSSR count). The quantitative estimate of drug-likeness (QED) is 0.705. The van der Waals surface area contributed by atoms with Gasteiger partial charge in [-0.15, -0.1) is 0 Å². The Morgan fingerprint density at radius 3 is 2.45 bits per heavy atom. The van der Waals surface area contributed by atoms with Gasteiger partial charge < -0.3 is 9.64 Å². The van der Waals surface area contributed by atoms with Crippen LogP contribution in [0.4, 0.5) is 5.69 Å². The molecule has 29 heavy (non-hydrogen) atoms. The summed E-state index contributed by atoms with van der Waals surface area (Å²) in [6, 6.07) is 11.3. The molecule has 2 aliphatic rings. The molecule has 0 amide bonds. The van der Waals surface area contributed by atoms with Gasteiger partial charge in [0.2, 0.25) is 0 Å². The number of likely N-dealkylation sites (N-methyl/N-ethyl adjacent to an activating group) is 1. The van der Waals surface area contributed by atoms with E-state index < -0.39 is 0 Å². The Kier molecular flexibility index (Phi) is 7.47. The number of thioether (sulfide) groups is 1. The largest absolute Gasteiger partial charge is 0.490 e. The maximum absolute atomic E-state index is 5.83. The molecule has 2 unspecified atom stereocenters. The number of pyridine rings is 1. The summed E-state index contributed by atoms with van der Waals surface area (Å²) in [6.07, 6.45) is 3.54. The van der Waals surface area contributed by atoms with E-state index >= 15 is 0 Å². The lowest BCUT2D eigenvalue weighted by Gasteiger charge is -2.30. The van der Waals surface area contributed by atoms with Crippen LogP contribution in [0.1, 0.15) is 41.9 Å². The summed E-state index contributed by atoms with van der Waals surface area (Å²) >= 11 is 2.00. The van der Waals surface area contributed by atoms with Gasteiger partial charge in [0, 0.05) is 36.3 Å². The summed E-state index contributed by atoms with van der Waals surface area (Å²) in [5.74, 6) is 1.05. The second-order valence-corrected chi connectivity index (χ2v) is 9.38. The Morgan fingerprint density at radius 1 is 1.10 bits per heavy atom. The van der Waals surface area contributed by atoms with E-state index in [1.54, 1.807) is 0 Å². The predicted octanol–water partition coefficient (Wildman–Crippen LogP) is 5.02. The van der Waals surface area contributed by atoms with Crippen molar-refractivity contribution in [1.82, 2.24) is 9.88 Å². The number of nitrogens with zero attached hydrogens (tertiary/aromatic N) is 3. The molecule has 4 nitrogen and oxygen atoms in total. The highest BCUT2D eigenvalue weighted by molar-refractivity contribution is 7.99. The first-order chi connectivity index (χ1) is 13.9. The summed E-state index contributed by atoms with van der Waals surface area (Å²) in [4.78, 5) is 9.10. The van der Waals surface area contributed by atoms with Crippen LogP contribution in [0.3, 0.4) is 0 Å². The number of hydrogen-bond donors (Lipinski definition) is 0. The van der Waals surface area contributed by atoms with Crippen LogP contribution in [0.25, 0.3) is 0 Å². The first kappa shape index (κ1) is 22.0. The highest BCUT2D eigenvalue weighted by Crippen LogP contribution is 2.36. The minimum absolute atomic E-state index is 0.480. The van der Waals surface area contributed by atoms with Gasteiger partial charge >= 0.3 is 0 Å². The molecule has 5 heteroatoms. The average Bonchev–Trinajstić information content (AvgIpc) is 3.16. The van der Waals surface area contributed by atoms with E-state index in [-0.39, 0.29) is 0 Å². The Labute approximate surface area is 180 Å². The van der Waals surface area contributed by atoms with Crippen molar-refractivity contribution in [3.8, 4) is 5.75 Å². The number of aromatic nitrogens is 1. The molecule has 0 bridgehead atoms. The molecule has 0 saturated carbocycles. The Bertz CT molecular complexity index is 775. The van der Waals surface area contributed by atoms with Crippen LogP contribution in [0.15, 0.2) is 30.3 Å². The molecule has 158 valence electrons. The van der Waals surface area contributed by atoms with Gasteiger partial charge in [-0.2, -0.15) is 11.8 Å². The molecule has 1 fully saturated rings. The van der Waals surface area contributed by atoms with Gasteiger partial charge in [-0.25, -0.2) is 0 Å². The molecule has 0 radical (unpaired) electrons. The van der Waals surface area contributed by atoms with E-state index in [1.807, 2.05) is 25.6 Å². The predicted molar refractivity (Wildman–Crippen MR) is 126 cm³/mol. The fraction of sp³-hybridized carbons (Fsp3) is 0.542. The maximum atomic E-state index is 5.83. The molecule has 2 aliphatic heterocycles. The fourth-order valence-electron chi connectivity index (χ4n) is 4.19. The third-order valence-corrected chi connectivity index (χ3v) is 6.90. The molecule has 0 spiro atoms. The van der Waals surface area contributed by atoms with Crippen LogP contribution >= 0.6 is 11.8 Å². The summed E-state index contributed by atoms with van der Waals surface area (Å²) in [6.45, 7) is 12.6. The first-order valence-electron chi connectivity index (χ1n) is 10.5. The number of likely N-dealkylation sites (tertiary alicyclic amines) is 1. The van der Waals surface area contributed by atoms with Crippen LogP contribution < -0.4 is 9.64 Å². The first-order valence-corrected chi connectivity index (χ1v) is 11.8. The lowest BCUT2D eigenvalue weighted by Crippen LogP contribution is -2.29. The van der Waals surface area contributed by atoms with E-state index in [9.17, 15) is 0 Å². The van der Waals surface area contributed by atoms with Crippen molar-refractivity contribution in [2.45, 2.75) is 45.4 Å². The molecule has 2 atom stereocenters. The summed E-state index contributed by atoms with van der Waals surface area (Å²) in [7, 11) is 2.13. The summed E-state index contributed by atoms with van der Waals surface area (Å²) in [5, 5.41) is 0.803. The van der Waals surface area contributed by atoms with Crippen molar-refractivity contribution in [3.63, 3.8) is 0 Å². The number of hydrogen-bond acceptors (Lipinski definition) is 5. The lowest BCUT2D eigenvalue weighted by molar-refractivity contribution is 0.262. The summed E-state index contributed by atoms with van der Waals surface area (Å²) < 4.78 is 5.83. The third-order valence-electron chi connectivity index (χ3n) is 5.85. The molecule has 0 aliphatic carbocycles. The number of fused-ring (bicyclic) bond motifs is 1. The lowest BCUT2D eigenvalue weighted by atomic mass is 10.1. The fourth-order valence-corrected chi connectivity index (χ4v) is 4.87. The van der Waals surface area contributed by atoms with Crippen molar-refractivity contribution in [2.24, 2.45) is 0 Å². The molecule has 2 aromatic rings. The average molecular weight is 414 g/mol. The Hall–Kier alpha value is -1.72. The second-order valence-electron chi connectivity index (χ2n) is 8.24. The van der Waals surface area contributed by atoms with Crippen LogP contribution in [-0.2, 0) is 0 Å². The van der Waals surface area contributed by atoms with Crippen LogP contribution in [0.2, 0.25) is 0 Å². The zero-order valence-electron chi connectivity index (χ0n) is 18.7. The molecule has 0 N–H and O–H groups in total. The Balaban J connectivity index is 0.000000224. The Morgan fingerprint density at radius 2 is 1.83 bits per heavy atom. The van der Waals surface area contributed by atoms with E-state index in [0.717, 1.165) is 35.5 Å². The van der Waals surface area contributed by atoms with E-state index in [0.29, 0.717) is 6.04 Å². The van der Waals surface area contributed by atoms with Crippen LogP contribution in [0.5, 0.6) is 5.75 Å². The van der Waals surface area contributed by atoms with E-state index in [2.05, 4.69) is 72.3 Å². The van der Waals surface area contributed by atoms with Crippen molar-refractivity contribution < 1.29 is 4.74 Å². The zero-order chi connectivity index (χ0) is 21.0. The molecular weight excluding hydrogens is 378 g/mol. The van der Waals surface area contributed by atoms with Crippen molar-refractivity contribution >= 4 is 17.4 Å². The van der Waals surface area contributed by atoms with Gasteiger partial charge in [-0.05, 0) is 82.3 Å². The molecular formula is C24H35N3OS. The minimum Gasteiger partial charge on any atom is -0.490 e. The third kappa shape index (κ3) is 5.67. The number of aryl methyl sites for hydroxylation is 3. The van der Waals surface area contributed by atoms with Gasteiger partial charge in [-0.3, -0.25) is 9.88 Å². The van der Waals surface area contributed by atoms with Crippen molar-refractivity contribution in [2.75, 3.05) is 44.4 Å². The molecule has 1 aromatic carbocycles. The number of benzene rings is 1. The van der Waals surface area contributed by atoms with Crippen molar-refractivity contribution in [3.05, 3.63) is 52.8 Å². The van der Waals surface area contributed by atoms with E-state index in [4.69, 9.17) is 4.74 Å². The normalized spacial score (nSPS) is 19.8. The standard InChI is InChI=1S/C16H24N2OS.C8H11N/c1-12(18-7-6-14(11-18)20-3)13-4-5-15-16(10-13)19-9-8-17(15)2;1-6-4-7(2)9-8(3)5-6/h4-5,10,12,14H,6-9,11H2,1-3H3;4-5H,1-3H3. The molecule has 3 heterocycles. The number of anilines is 1. The smallest absolute Gasteiger partial charge is 0.143 e. The maximum Gasteiger partial charge on any atom is 0.143 e. The molecule has 1 saturated heterocycles. The summed E-state index contributed by atoms with van der Waals surface area (Å²) in [5.41, 5.74) is 6.09. The monoisotopic (exact) mass is 413 g/mol. The van der Waals surface area contributed by atoms with Gasteiger partial charge in [0.05, 0.1) is 12.2 Å². The topological polar surface area (TPSA) is 28.6 Å². The zero-order valence-corrected chi connectivity index (χ0v) is 19.6. The molecule has 1 aromatic heterocycles. The van der Waals surface area contributed by atoms with Crippen LogP contribution in [0, 0.1) is 20.8 Å². The minimum atomic E-state index is 0.480. The van der Waals surface area contributed by atoms with Crippen LogP contribution in [-0.4, -0.2) is 54.7 Å². The SMILES string of the molecule is CSC1CCN(C(C)c2ccc3c(c2)OCCN3C)C1.Cc1cc(C)nc(C)c1. The van der Waals surface area contributed by atoms with E-state index in [1.165, 1.54) is 36.3 Å². The highest BCUT2D eigenvalue weighted by atomic mass is 32.2. The van der Waals surface area contributed by atoms with Gasteiger partial charge in [0.15, 0.2) is 0 Å². The number of ether oxygens (including phenoxy) is 1. The number of rotatable bonds is 3. The second kappa shape index (κ2) is 9.86. The van der Waals surface area contributed by atoms with Gasteiger partial charge in [0.1, 0.15) is 12.4 Å². The van der Waals surface area contributed by atoms with Gasteiger partial charge in [-0.1, -0.05) is 6.07 Å².